The molecule has 1 aromatic rings. The number of rotatable bonds is 3. The third-order valence-corrected chi connectivity index (χ3v) is 1.90. The molecule has 1 atom stereocenters. The Morgan fingerprint density at radius 3 is 2.67 bits per heavy atom. The molecule has 82 valence electrons. The first kappa shape index (κ1) is 11.3. The molecule has 1 aromatic carbocycles. The van der Waals surface area contributed by atoms with Crippen LogP contribution in [0.5, 0.6) is 11.5 Å². The van der Waals surface area contributed by atoms with Gasteiger partial charge in [-0.15, -0.1) is 0 Å². The van der Waals surface area contributed by atoms with Crippen LogP contribution in [0.25, 0.3) is 0 Å². The number of benzene rings is 1. The van der Waals surface area contributed by atoms with Crippen molar-refractivity contribution in [3.8, 4) is 11.5 Å². The van der Waals surface area contributed by atoms with Crippen LogP contribution in [-0.2, 0) is 9.53 Å². The van der Waals surface area contributed by atoms with Crippen molar-refractivity contribution in [2.75, 3.05) is 6.61 Å². The number of ether oxygens (including phenoxy) is 1. The first-order valence-electron chi connectivity index (χ1n) is 4.50. The van der Waals surface area contributed by atoms with E-state index in [0.717, 1.165) is 0 Å². The van der Waals surface area contributed by atoms with Crippen LogP contribution < -0.4 is 5.73 Å². The van der Waals surface area contributed by atoms with Gasteiger partial charge in [-0.1, -0.05) is 6.07 Å². The zero-order valence-corrected chi connectivity index (χ0v) is 8.30. The third-order valence-electron chi connectivity index (χ3n) is 1.90. The molecule has 0 aromatic heterocycles. The fraction of sp³-hybridized carbons (Fsp3) is 0.300. The van der Waals surface area contributed by atoms with Crippen LogP contribution in [0.4, 0.5) is 0 Å². The van der Waals surface area contributed by atoms with E-state index in [1.165, 1.54) is 18.2 Å². The van der Waals surface area contributed by atoms with Gasteiger partial charge in [0.15, 0.2) is 11.5 Å². The average molecular weight is 211 g/mol. The monoisotopic (exact) mass is 211 g/mol. The lowest BCUT2D eigenvalue weighted by molar-refractivity contribution is -0.144. The van der Waals surface area contributed by atoms with Crippen molar-refractivity contribution >= 4 is 5.97 Å². The highest BCUT2D eigenvalue weighted by molar-refractivity contribution is 5.77. The van der Waals surface area contributed by atoms with Crippen LogP contribution in [0.2, 0.25) is 0 Å². The molecule has 0 unspecified atom stereocenters. The minimum Gasteiger partial charge on any atom is -0.504 e. The molecule has 4 N–H and O–H groups in total. The molecule has 0 saturated heterocycles. The van der Waals surface area contributed by atoms with Crippen molar-refractivity contribution in [3.63, 3.8) is 0 Å². The lowest BCUT2D eigenvalue weighted by Gasteiger charge is -2.11. The molecule has 0 saturated carbocycles. The normalized spacial score (nSPS) is 12.1. The van der Waals surface area contributed by atoms with Crippen LogP contribution >= 0.6 is 0 Å². The van der Waals surface area contributed by atoms with Crippen LogP contribution in [0, 0.1) is 0 Å². The summed E-state index contributed by atoms with van der Waals surface area (Å²) in [7, 11) is 0. The van der Waals surface area contributed by atoms with Crippen molar-refractivity contribution in [3.05, 3.63) is 23.8 Å². The number of nitrogens with two attached hydrogens (primary N) is 1. The standard InChI is InChI=1S/C10H13NO4/c1-2-15-10(14)9(11)6-3-4-7(12)8(13)5-6/h3-5,9,12-13H,2,11H2,1H3/t9-/m1/s1. The van der Waals surface area contributed by atoms with E-state index in [1.807, 2.05) is 0 Å². The summed E-state index contributed by atoms with van der Waals surface area (Å²) >= 11 is 0. The number of esters is 1. The van der Waals surface area contributed by atoms with Gasteiger partial charge in [-0.05, 0) is 24.6 Å². The van der Waals surface area contributed by atoms with Gasteiger partial charge in [0.2, 0.25) is 0 Å². The predicted molar refractivity (Wildman–Crippen MR) is 53.3 cm³/mol. The van der Waals surface area contributed by atoms with E-state index in [-0.39, 0.29) is 18.1 Å². The van der Waals surface area contributed by atoms with E-state index in [9.17, 15) is 9.90 Å². The lowest BCUT2D eigenvalue weighted by atomic mass is 10.1. The Kier molecular flexibility index (Phi) is 3.51. The molecule has 0 aliphatic rings. The summed E-state index contributed by atoms with van der Waals surface area (Å²) in [4.78, 5) is 11.2. The highest BCUT2D eigenvalue weighted by Gasteiger charge is 2.17. The highest BCUT2D eigenvalue weighted by atomic mass is 16.5. The molecule has 5 heteroatoms. The Hall–Kier alpha value is -1.75. The number of phenols is 2. The van der Waals surface area contributed by atoms with E-state index in [0.29, 0.717) is 5.56 Å². The largest absolute Gasteiger partial charge is 0.504 e. The van der Waals surface area contributed by atoms with Crippen molar-refractivity contribution in [1.29, 1.82) is 0 Å². The van der Waals surface area contributed by atoms with E-state index in [4.69, 9.17) is 15.6 Å². The smallest absolute Gasteiger partial charge is 0.327 e. The molecule has 0 spiro atoms. The molecule has 0 aliphatic heterocycles. The van der Waals surface area contributed by atoms with Gasteiger partial charge in [0.1, 0.15) is 6.04 Å². The number of carbonyl (C=O) groups is 1. The Labute approximate surface area is 87.1 Å². The minimum atomic E-state index is -0.948. The fourth-order valence-electron chi connectivity index (χ4n) is 1.10. The van der Waals surface area contributed by atoms with Crippen molar-refractivity contribution in [2.45, 2.75) is 13.0 Å². The number of phenolic OH excluding ortho intramolecular Hbond substituents is 2. The van der Waals surface area contributed by atoms with Gasteiger partial charge in [-0.25, -0.2) is 4.79 Å². The van der Waals surface area contributed by atoms with E-state index < -0.39 is 12.0 Å². The van der Waals surface area contributed by atoms with Gasteiger partial charge < -0.3 is 20.7 Å². The van der Waals surface area contributed by atoms with Gasteiger partial charge in [-0.3, -0.25) is 0 Å². The molecule has 0 fully saturated rings. The summed E-state index contributed by atoms with van der Waals surface area (Å²) in [6, 6.07) is 3.01. The Balaban J connectivity index is 2.86. The van der Waals surface area contributed by atoms with Gasteiger partial charge in [0, 0.05) is 0 Å². The van der Waals surface area contributed by atoms with Gasteiger partial charge in [0.25, 0.3) is 0 Å². The van der Waals surface area contributed by atoms with Crippen molar-refractivity contribution in [1.82, 2.24) is 0 Å². The molecule has 5 nitrogen and oxygen atoms in total. The topological polar surface area (TPSA) is 92.8 Å². The Morgan fingerprint density at radius 2 is 2.13 bits per heavy atom. The molecule has 0 bridgehead atoms. The zero-order chi connectivity index (χ0) is 11.4. The Morgan fingerprint density at radius 1 is 1.47 bits per heavy atom. The summed E-state index contributed by atoms with van der Waals surface area (Å²) in [5, 5.41) is 18.3. The maximum absolute atomic E-state index is 11.2. The molecule has 0 heterocycles. The quantitative estimate of drug-likeness (QED) is 0.504. The number of aromatic hydroxyl groups is 2. The second kappa shape index (κ2) is 4.65. The molecule has 0 aliphatic carbocycles. The Bertz CT molecular complexity index is 364. The van der Waals surface area contributed by atoms with Crippen LogP contribution in [0.15, 0.2) is 18.2 Å². The van der Waals surface area contributed by atoms with Gasteiger partial charge in [-0.2, -0.15) is 0 Å². The first-order chi connectivity index (χ1) is 7.06. The predicted octanol–water partition coefficient (Wildman–Crippen LogP) is 0.661. The second-order valence-electron chi connectivity index (χ2n) is 2.98. The molecular weight excluding hydrogens is 198 g/mol. The zero-order valence-electron chi connectivity index (χ0n) is 8.30. The average Bonchev–Trinajstić information content (AvgIpc) is 2.21. The molecule has 0 amide bonds. The van der Waals surface area contributed by atoms with Crippen LogP contribution in [0.1, 0.15) is 18.5 Å². The highest BCUT2D eigenvalue weighted by Crippen LogP contribution is 2.27. The molecule has 1 rings (SSSR count). The first-order valence-corrected chi connectivity index (χ1v) is 4.50. The lowest BCUT2D eigenvalue weighted by Crippen LogP contribution is -2.23. The summed E-state index contributed by atoms with van der Waals surface area (Å²) in [6.45, 7) is 1.93. The number of carbonyl (C=O) groups excluding carboxylic acids is 1. The fourth-order valence-corrected chi connectivity index (χ4v) is 1.10. The number of hydrogen-bond donors (Lipinski definition) is 3. The van der Waals surface area contributed by atoms with E-state index in [1.54, 1.807) is 6.92 Å². The summed E-state index contributed by atoms with van der Waals surface area (Å²) in [6.07, 6.45) is 0. The van der Waals surface area contributed by atoms with Crippen molar-refractivity contribution < 1.29 is 19.7 Å². The maximum atomic E-state index is 11.2. The summed E-state index contributed by atoms with van der Waals surface area (Å²) in [5.41, 5.74) is 5.97. The van der Waals surface area contributed by atoms with Gasteiger partial charge in [0.05, 0.1) is 6.61 Å². The minimum absolute atomic E-state index is 0.247. The van der Waals surface area contributed by atoms with Crippen molar-refractivity contribution in [2.24, 2.45) is 5.73 Å². The van der Waals surface area contributed by atoms with E-state index in [2.05, 4.69) is 0 Å². The molecular formula is C10H13NO4. The van der Waals surface area contributed by atoms with E-state index >= 15 is 0 Å². The SMILES string of the molecule is CCOC(=O)[C@H](N)c1ccc(O)c(O)c1. The number of hydrogen-bond acceptors (Lipinski definition) is 5. The molecule has 0 radical (unpaired) electrons. The summed E-state index contributed by atoms with van der Waals surface area (Å²) in [5.74, 6) is -1.13. The summed E-state index contributed by atoms with van der Waals surface area (Å²) < 4.78 is 4.72. The molecule has 15 heavy (non-hydrogen) atoms. The van der Waals surface area contributed by atoms with Crippen LogP contribution in [0.3, 0.4) is 0 Å². The maximum Gasteiger partial charge on any atom is 0.327 e. The van der Waals surface area contributed by atoms with Crippen LogP contribution in [-0.4, -0.2) is 22.8 Å². The van der Waals surface area contributed by atoms with Gasteiger partial charge >= 0.3 is 5.97 Å². The third kappa shape index (κ3) is 2.60. The second-order valence-corrected chi connectivity index (χ2v) is 2.98.